The molecular formula is C19H19N3O3. The summed E-state index contributed by atoms with van der Waals surface area (Å²) in [6, 6.07) is 11.1. The van der Waals surface area contributed by atoms with Crippen LogP contribution in [0.2, 0.25) is 0 Å². The molecule has 0 spiro atoms. The Morgan fingerprint density at radius 2 is 2.00 bits per heavy atom. The van der Waals surface area contributed by atoms with Crippen LogP contribution < -0.4 is 10.1 Å². The largest absolute Gasteiger partial charge is 0.489 e. The fraction of sp³-hybridized carbons (Fsp3) is 0.211. The minimum absolute atomic E-state index is 0.197. The second-order valence-electron chi connectivity index (χ2n) is 5.77. The minimum atomic E-state index is -0.380. The summed E-state index contributed by atoms with van der Waals surface area (Å²) in [6.45, 7) is 6.02. The average molecular weight is 337 g/mol. The molecule has 2 heterocycles. The third kappa shape index (κ3) is 3.85. The standard InChI is InChI=1S/C19H19N3O3/c1-12-7-8-15(10-13(12)2)24-11-16-14(3)25-22-18(16)19(23)21-17-6-4-5-9-20-17/h4-10H,11H2,1-3H3,(H,20,21,23). The van der Waals surface area contributed by atoms with Crippen LogP contribution in [0.4, 0.5) is 5.82 Å². The number of aryl methyl sites for hydroxylation is 3. The number of nitrogens with zero attached hydrogens (tertiary/aromatic N) is 2. The maximum Gasteiger partial charge on any atom is 0.279 e. The molecule has 0 unspecified atom stereocenters. The van der Waals surface area contributed by atoms with Gasteiger partial charge in [-0.3, -0.25) is 4.79 Å². The topological polar surface area (TPSA) is 77.2 Å². The number of ether oxygens (including phenoxy) is 1. The molecule has 3 rings (SSSR count). The number of carbonyl (C=O) groups excluding carboxylic acids is 1. The highest BCUT2D eigenvalue weighted by atomic mass is 16.5. The zero-order valence-corrected chi connectivity index (χ0v) is 14.4. The molecule has 1 amide bonds. The lowest BCUT2D eigenvalue weighted by Gasteiger charge is -2.09. The summed E-state index contributed by atoms with van der Waals surface area (Å²) in [6.07, 6.45) is 1.60. The van der Waals surface area contributed by atoms with Crippen molar-refractivity contribution in [2.24, 2.45) is 0 Å². The molecule has 1 aromatic carbocycles. The van der Waals surface area contributed by atoms with Crippen molar-refractivity contribution in [1.82, 2.24) is 10.1 Å². The van der Waals surface area contributed by atoms with Gasteiger partial charge in [0.05, 0.1) is 5.56 Å². The minimum Gasteiger partial charge on any atom is -0.489 e. The molecule has 25 heavy (non-hydrogen) atoms. The summed E-state index contributed by atoms with van der Waals surface area (Å²) >= 11 is 0. The van der Waals surface area contributed by atoms with Gasteiger partial charge in [0.2, 0.25) is 0 Å². The van der Waals surface area contributed by atoms with Gasteiger partial charge in [0.25, 0.3) is 5.91 Å². The molecule has 0 aliphatic heterocycles. The fourth-order valence-electron chi connectivity index (χ4n) is 2.31. The van der Waals surface area contributed by atoms with E-state index in [0.29, 0.717) is 17.1 Å². The van der Waals surface area contributed by atoms with Crippen molar-refractivity contribution in [3.8, 4) is 5.75 Å². The first-order valence-corrected chi connectivity index (χ1v) is 7.92. The van der Waals surface area contributed by atoms with Crippen LogP contribution in [0.25, 0.3) is 0 Å². The molecule has 3 aromatic rings. The molecule has 0 aliphatic rings. The Kier molecular flexibility index (Phi) is 4.79. The van der Waals surface area contributed by atoms with Crippen LogP contribution in [0.3, 0.4) is 0 Å². The number of hydrogen-bond donors (Lipinski definition) is 1. The predicted octanol–water partition coefficient (Wildman–Crippen LogP) is 3.83. The van der Waals surface area contributed by atoms with Gasteiger partial charge < -0.3 is 14.6 Å². The maximum atomic E-state index is 12.4. The molecule has 0 saturated heterocycles. The number of pyridine rings is 1. The molecule has 0 saturated carbocycles. The number of amides is 1. The van der Waals surface area contributed by atoms with E-state index in [1.54, 1.807) is 31.3 Å². The molecule has 0 atom stereocenters. The Morgan fingerprint density at radius 3 is 2.72 bits per heavy atom. The molecule has 2 aromatic heterocycles. The summed E-state index contributed by atoms with van der Waals surface area (Å²) in [5.74, 6) is 1.36. The van der Waals surface area contributed by atoms with Crippen LogP contribution in [-0.4, -0.2) is 16.0 Å². The summed E-state index contributed by atoms with van der Waals surface area (Å²) in [5.41, 5.74) is 3.16. The first-order valence-electron chi connectivity index (χ1n) is 7.92. The summed E-state index contributed by atoms with van der Waals surface area (Å²) in [5, 5.41) is 6.56. The van der Waals surface area contributed by atoms with E-state index in [1.807, 2.05) is 32.0 Å². The first kappa shape index (κ1) is 16.7. The van der Waals surface area contributed by atoms with Crippen molar-refractivity contribution in [2.75, 3.05) is 5.32 Å². The molecule has 0 radical (unpaired) electrons. The van der Waals surface area contributed by atoms with Crippen molar-refractivity contribution in [2.45, 2.75) is 27.4 Å². The summed E-state index contributed by atoms with van der Waals surface area (Å²) < 4.78 is 11.0. The smallest absolute Gasteiger partial charge is 0.279 e. The molecule has 6 nitrogen and oxygen atoms in total. The monoisotopic (exact) mass is 337 g/mol. The van der Waals surface area contributed by atoms with E-state index in [4.69, 9.17) is 9.26 Å². The third-order valence-electron chi connectivity index (χ3n) is 3.97. The van der Waals surface area contributed by atoms with Gasteiger partial charge >= 0.3 is 0 Å². The molecule has 6 heteroatoms. The molecular weight excluding hydrogens is 318 g/mol. The van der Waals surface area contributed by atoms with Crippen molar-refractivity contribution >= 4 is 11.7 Å². The van der Waals surface area contributed by atoms with E-state index < -0.39 is 0 Å². The fourth-order valence-corrected chi connectivity index (χ4v) is 2.31. The molecule has 0 aliphatic carbocycles. The second kappa shape index (κ2) is 7.17. The zero-order chi connectivity index (χ0) is 17.8. The lowest BCUT2D eigenvalue weighted by Crippen LogP contribution is -2.16. The number of aromatic nitrogens is 2. The number of rotatable bonds is 5. The van der Waals surface area contributed by atoms with E-state index >= 15 is 0 Å². The lowest BCUT2D eigenvalue weighted by atomic mass is 10.1. The van der Waals surface area contributed by atoms with Crippen molar-refractivity contribution in [1.29, 1.82) is 0 Å². The Hall–Kier alpha value is -3.15. The van der Waals surface area contributed by atoms with Gasteiger partial charge in [-0.15, -0.1) is 0 Å². The normalized spacial score (nSPS) is 10.5. The van der Waals surface area contributed by atoms with Gasteiger partial charge in [-0.25, -0.2) is 4.98 Å². The van der Waals surface area contributed by atoms with Gasteiger partial charge in [-0.05, 0) is 56.2 Å². The number of carbonyl (C=O) groups is 1. The molecule has 1 N–H and O–H groups in total. The van der Waals surface area contributed by atoms with Crippen LogP contribution in [0, 0.1) is 20.8 Å². The Morgan fingerprint density at radius 1 is 1.16 bits per heavy atom. The highest BCUT2D eigenvalue weighted by Crippen LogP contribution is 2.21. The lowest BCUT2D eigenvalue weighted by molar-refractivity contribution is 0.101. The maximum absolute atomic E-state index is 12.4. The van der Waals surface area contributed by atoms with Crippen molar-refractivity contribution < 1.29 is 14.1 Å². The van der Waals surface area contributed by atoms with E-state index in [0.717, 1.165) is 11.3 Å². The Bertz CT molecular complexity index is 888. The van der Waals surface area contributed by atoms with Gasteiger partial charge in [-0.1, -0.05) is 17.3 Å². The highest BCUT2D eigenvalue weighted by molar-refractivity contribution is 6.03. The predicted molar refractivity (Wildman–Crippen MR) is 93.7 cm³/mol. The van der Waals surface area contributed by atoms with E-state index in [9.17, 15) is 4.79 Å². The summed E-state index contributed by atoms with van der Waals surface area (Å²) in [7, 11) is 0. The van der Waals surface area contributed by atoms with E-state index in [1.165, 1.54) is 5.56 Å². The van der Waals surface area contributed by atoms with Gasteiger partial charge in [-0.2, -0.15) is 0 Å². The third-order valence-corrected chi connectivity index (χ3v) is 3.97. The quantitative estimate of drug-likeness (QED) is 0.766. The highest BCUT2D eigenvalue weighted by Gasteiger charge is 2.20. The van der Waals surface area contributed by atoms with Gasteiger partial charge in [0.15, 0.2) is 5.69 Å². The average Bonchev–Trinajstić information content (AvgIpc) is 2.98. The van der Waals surface area contributed by atoms with E-state index in [2.05, 4.69) is 15.5 Å². The second-order valence-corrected chi connectivity index (χ2v) is 5.77. The number of hydrogen-bond acceptors (Lipinski definition) is 5. The van der Waals surface area contributed by atoms with Gasteiger partial charge in [0, 0.05) is 6.20 Å². The van der Waals surface area contributed by atoms with Crippen LogP contribution >= 0.6 is 0 Å². The molecule has 128 valence electrons. The Balaban J connectivity index is 1.75. The Labute approximate surface area is 145 Å². The van der Waals surface area contributed by atoms with Crippen LogP contribution in [-0.2, 0) is 6.61 Å². The van der Waals surface area contributed by atoms with Crippen LogP contribution in [0.1, 0.15) is 32.9 Å². The van der Waals surface area contributed by atoms with Crippen LogP contribution in [0.5, 0.6) is 5.75 Å². The van der Waals surface area contributed by atoms with Gasteiger partial charge in [0.1, 0.15) is 23.9 Å². The summed E-state index contributed by atoms with van der Waals surface area (Å²) in [4.78, 5) is 16.5. The molecule has 0 fully saturated rings. The number of anilines is 1. The number of nitrogens with one attached hydrogen (secondary N) is 1. The van der Waals surface area contributed by atoms with Crippen molar-refractivity contribution in [3.63, 3.8) is 0 Å². The van der Waals surface area contributed by atoms with E-state index in [-0.39, 0.29) is 18.2 Å². The molecule has 0 bridgehead atoms. The SMILES string of the molecule is Cc1ccc(OCc2c(C(=O)Nc3ccccn3)noc2C)cc1C. The zero-order valence-electron chi connectivity index (χ0n) is 14.4. The van der Waals surface area contributed by atoms with Crippen LogP contribution in [0.15, 0.2) is 47.1 Å². The first-order chi connectivity index (χ1) is 12.0. The number of benzene rings is 1. The van der Waals surface area contributed by atoms with Crippen molar-refractivity contribution in [3.05, 3.63) is 70.7 Å².